The summed E-state index contributed by atoms with van der Waals surface area (Å²) in [6.45, 7) is 6.38. The van der Waals surface area contributed by atoms with Gasteiger partial charge >= 0.3 is 5.97 Å². The highest BCUT2D eigenvalue weighted by Crippen LogP contribution is 2.26. The molecule has 0 saturated heterocycles. The fourth-order valence-corrected chi connectivity index (χ4v) is 3.44. The Bertz CT molecular complexity index is 907. The Labute approximate surface area is 163 Å². The van der Waals surface area contributed by atoms with Crippen molar-refractivity contribution in [2.45, 2.75) is 38.6 Å². The Kier molecular flexibility index (Phi) is 6.29. The van der Waals surface area contributed by atoms with Crippen LogP contribution in [0, 0.1) is 6.92 Å². The fraction of sp³-hybridized carbons (Fsp3) is 0.286. The number of carbonyl (C=O) groups excluding carboxylic acids is 1. The van der Waals surface area contributed by atoms with Gasteiger partial charge in [-0.25, -0.2) is 0 Å². The molecule has 5 nitrogen and oxygen atoms in total. The van der Waals surface area contributed by atoms with Gasteiger partial charge in [0.05, 0.1) is 18.4 Å². The second kappa shape index (κ2) is 8.86. The Hall–Kier alpha value is -2.60. The summed E-state index contributed by atoms with van der Waals surface area (Å²) in [5.41, 5.74) is 3.32. The molecule has 0 fully saturated rings. The van der Waals surface area contributed by atoms with E-state index >= 15 is 0 Å². The number of esters is 1. The predicted molar refractivity (Wildman–Crippen MR) is 108 cm³/mol. The molecule has 3 rings (SSSR count). The van der Waals surface area contributed by atoms with Gasteiger partial charge in [-0.3, -0.25) is 9.36 Å². The van der Waals surface area contributed by atoms with Gasteiger partial charge in [-0.15, -0.1) is 10.2 Å². The summed E-state index contributed by atoms with van der Waals surface area (Å²) in [5.74, 6) is 0.752. The first-order chi connectivity index (χ1) is 13.0. The molecule has 0 aliphatic carbocycles. The van der Waals surface area contributed by atoms with Crippen LogP contribution < -0.4 is 0 Å². The van der Waals surface area contributed by atoms with Gasteiger partial charge in [0.1, 0.15) is 0 Å². The number of nitrogens with zero attached hydrogens (tertiary/aromatic N) is 3. The molecule has 0 saturated carbocycles. The molecule has 0 bridgehead atoms. The van der Waals surface area contributed by atoms with Gasteiger partial charge < -0.3 is 4.74 Å². The molecular formula is C21H23N3O2S. The number of rotatable bonds is 7. The Morgan fingerprint density at radius 1 is 1.11 bits per heavy atom. The van der Waals surface area contributed by atoms with E-state index in [1.54, 1.807) is 0 Å². The largest absolute Gasteiger partial charge is 0.462 e. The summed E-state index contributed by atoms with van der Waals surface area (Å²) in [7, 11) is 0. The molecule has 1 heterocycles. The van der Waals surface area contributed by atoms with E-state index in [2.05, 4.69) is 46.0 Å². The molecule has 0 spiro atoms. The molecule has 2 aromatic carbocycles. The fourth-order valence-electron chi connectivity index (χ4n) is 2.72. The Morgan fingerprint density at radius 3 is 2.59 bits per heavy atom. The standard InChI is InChI=1S/C21H23N3O2S/c1-15(2)26-19(25)14-27-21-23-22-20(18-11-7-8-16(3)12-18)24(21)13-17-9-5-4-6-10-17/h4-12,15H,13-14H2,1-3H3. The molecule has 1 aromatic heterocycles. The van der Waals surface area contributed by atoms with Crippen LogP contribution in [-0.4, -0.2) is 32.6 Å². The van der Waals surface area contributed by atoms with Gasteiger partial charge in [-0.05, 0) is 32.4 Å². The second-order valence-corrected chi connectivity index (χ2v) is 7.52. The van der Waals surface area contributed by atoms with Crippen molar-refractivity contribution in [1.82, 2.24) is 14.8 Å². The molecule has 0 unspecified atom stereocenters. The number of aromatic nitrogens is 3. The molecule has 0 N–H and O–H groups in total. The van der Waals surface area contributed by atoms with Crippen LogP contribution in [0.4, 0.5) is 0 Å². The van der Waals surface area contributed by atoms with Crippen LogP contribution in [0.25, 0.3) is 11.4 Å². The molecule has 0 amide bonds. The van der Waals surface area contributed by atoms with E-state index in [0.717, 1.165) is 22.5 Å². The van der Waals surface area contributed by atoms with Crippen molar-refractivity contribution in [3.63, 3.8) is 0 Å². The Balaban J connectivity index is 1.89. The van der Waals surface area contributed by atoms with Crippen LogP contribution >= 0.6 is 11.8 Å². The molecule has 6 heteroatoms. The summed E-state index contributed by atoms with van der Waals surface area (Å²) in [5, 5.41) is 9.44. The third-order valence-electron chi connectivity index (χ3n) is 3.86. The third kappa shape index (κ3) is 5.20. The maximum atomic E-state index is 11.9. The SMILES string of the molecule is Cc1cccc(-c2nnc(SCC(=O)OC(C)C)n2Cc2ccccc2)c1. The van der Waals surface area contributed by atoms with Crippen LogP contribution in [0.3, 0.4) is 0 Å². The van der Waals surface area contributed by atoms with Crippen molar-refractivity contribution in [3.8, 4) is 11.4 Å². The number of carbonyl (C=O) groups is 1. The molecule has 0 atom stereocenters. The first-order valence-electron chi connectivity index (χ1n) is 8.89. The molecule has 140 valence electrons. The quantitative estimate of drug-likeness (QED) is 0.450. The highest BCUT2D eigenvalue weighted by Gasteiger charge is 2.17. The molecule has 27 heavy (non-hydrogen) atoms. The first kappa shape index (κ1) is 19.2. The number of aryl methyl sites for hydroxylation is 1. The van der Waals surface area contributed by atoms with E-state index in [4.69, 9.17) is 4.74 Å². The third-order valence-corrected chi connectivity index (χ3v) is 4.80. The van der Waals surface area contributed by atoms with E-state index in [0.29, 0.717) is 11.7 Å². The van der Waals surface area contributed by atoms with E-state index < -0.39 is 0 Å². The average Bonchev–Trinajstić information content (AvgIpc) is 3.03. The van der Waals surface area contributed by atoms with Gasteiger partial charge in [0.25, 0.3) is 0 Å². The van der Waals surface area contributed by atoms with Crippen LogP contribution in [0.2, 0.25) is 0 Å². The second-order valence-electron chi connectivity index (χ2n) is 6.57. The lowest BCUT2D eigenvalue weighted by atomic mass is 10.1. The first-order valence-corrected chi connectivity index (χ1v) is 9.88. The van der Waals surface area contributed by atoms with Gasteiger partial charge in [0.2, 0.25) is 0 Å². The van der Waals surface area contributed by atoms with E-state index in [1.807, 2.05) is 44.2 Å². The van der Waals surface area contributed by atoms with Gasteiger partial charge in [0, 0.05) is 5.56 Å². The number of hydrogen-bond acceptors (Lipinski definition) is 5. The minimum absolute atomic E-state index is 0.122. The normalized spacial score (nSPS) is 11.0. The lowest BCUT2D eigenvalue weighted by Gasteiger charge is -2.11. The number of benzene rings is 2. The lowest BCUT2D eigenvalue weighted by Crippen LogP contribution is -2.14. The molecular weight excluding hydrogens is 358 g/mol. The van der Waals surface area contributed by atoms with Crippen LogP contribution in [0.5, 0.6) is 0 Å². The van der Waals surface area contributed by atoms with Crippen molar-refractivity contribution in [3.05, 3.63) is 65.7 Å². The van der Waals surface area contributed by atoms with Crippen molar-refractivity contribution in [2.75, 3.05) is 5.75 Å². The van der Waals surface area contributed by atoms with Gasteiger partial charge in [-0.1, -0.05) is 65.9 Å². The molecule has 0 aliphatic heterocycles. The van der Waals surface area contributed by atoms with Crippen molar-refractivity contribution in [1.29, 1.82) is 0 Å². The lowest BCUT2D eigenvalue weighted by molar-refractivity contribution is -0.144. The summed E-state index contributed by atoms with van der Waals surface area (Å²) in [6, 6.07) is 18.3. The van der Waals surface area contributed by atoms with Gasteiger partial charge in [-0.2, -0.15) is 0 Å². The van der Waals surface area contributed by atoms with E-state index in [9.17, 15) is 4.79 Å². The number of hydrogen-bond donors (Lipinski definition) is 0. The maximum Gasteiger partial charge on any atom is 0.316 e. The molecule has 0 radical (unpaired) electrons. The molecule has 0 aliphatic rings. The minimum atomic E-state index is -0.249. The monoisotopic (exact) mass is 381 g/mol. The number of thioether (sulfide) groups is 1. The summed E-state index contributed by atoms with van der Waals surface area (Å²) >= 11 is 1.35. The van der Waals surface area contributed by atoms with Crippen molar-refractivity contribution >= 4 is 17.7 Å². The van der Waals surface area contributed by atoms with Crippen molar-refractivity contribution in [2.24, 2.45) is 0 Å². The highest BCUT2D eigenvalue weighted by molar-refractivity contribution is 7.99. The van der Waals surface area contributed by atoms with E-state index in [-0.39, 0.29) is 17.8 Å². The van der Waals surface area contributed by atoms with Gasteiger partial charge in [0.15, 0.2) is 11.0 Å². The zero-order valence-electron chi connectivity index (χ0n) is 15.8. The van der Waals surface area contributed by atoms with Crippen molar-refractivity contribution < 1.29 is 9.53 Å². The van der Waals surface area contributed by atoms with Crippen LogP contribution in [0.15, 0.2) is 59.8 Å². The molecule has 3 aromatic rings. The van der Waals surface area contributed by atoms with Crippen LogP contribution in [0.1, 0.15) is 25.0 Å². The topological polar surface area (TPSA) is 57.0 Å². The van der Waals surface area contributed by atoms with E-state index in [1.165, 1.54) is 11.8 Å². The smallest absolute Gasteiger partial charge is 0.316 e. The predicted octanol–water partition coefficient (Wildman–Crippen LogP) is 4.35. The van der Waals surface area contributed by atoms with Crippen LogP contribution in [-0.2, 0) is 16.1 Å². The highest BCUT2D eigenvalue weighted by atomic mass is 32.2. The minimum Gasteiger partial charge on any atom is -0.462 e. The summed E-state index contributed by atoms with van der Waals surface area (Å²) in [6.07, 6.45) is -0.122. The average molecular weight is 382 g/mol. The summed E-state index contributed by atoms with van der Waals surface area (Å²) < 4.78 is 7.27. The maximum absolute atomic E-state index is 11.9. The number of ether oxygens (including phenoxy) is 1. The Morgan fingerprint density at radius 2 is 1.89 bits per heavy atom. The zero-order chi connectivity index (χ0) is 19.2. The zero-order valence-corrected chi connectivity index (χ0v) is 16.6. The summed E-state index contributed by atoms with van der Waals surface area (Å²) in [4.78, 5) is 11.9.